The van der Waals surface area contributed by atoms with Gasteiger partial charge >= 0.3 is 0 Å². The van der Waals surface area contributed by atoms with Gasteiger partial charge in [0.1, 0.15) is 7.05 Å². The van der Waals surface area contributed by atoms with Gasteiger partial charge in [-0.2, -0.15) is 4.58 Å². The summed E-state index contributed by atoms with van der Waals surface area (Å²) < 4.78 is 7.81. The Hall–Kier alpha value is -2.39. The van der Waals surface area contributed by atoms with E-state index in [0.717, 1.165) is 26.3 Å². The van der Waals surface area contributed by atoms with E-state index in [0.29, 0.717) is 0 Å². The van der Waals surface area contributed by atoms with Crippen molar-refractivity contribution in [2.24, 2.45) is 0 Å². The van der Waals surface area contributed by atoms with E-state index in [-0.39, 0.29) is 5.41 Å². The quantitative estimate of drug-likeness (QED) is 0.460. The number of hydrogen-bond donors (Lipinski definition) is 0. The molecule has 0 saturated heterocycles. The van der Waals surface area contributed by atoms with Crippen molar-refractivity contribution >= 4 is 23.2 Å². The Labute approximate surface area is 170 Å². The van der Waals surface area contributed by atoms with Gasteiger partial charge in [-0.1, -0.05) is 30.3 Å². The SMILES string of the molecule is CCOCCN(CC)c1ccc(C=CC2=[N+](C)c3ccccc3C2(C)C)cc1. The van der Waals surface area contributed by atoms with Crippen molar-refractivity contribution in [2.45, 2.75) is 33.1 Å². The number of benzene rings is 2. The van der Waals surface area contributed by atoms with Crippen molar-refractivity contribution in [3.05, 3.63) is 65.7 Å². The molecular weight excluding hydrogens is 344 g/mol. The third-order valence-electron chi connectivity index (χ3n) is 5.72. The van der Waals surface area contributed by atoms with Crippen LogP contribution in [-0.4, -0.2) is 43.6 Å². The monoisotopic (exact) mass is 377 g/mol. The molecule has 148 valence electrons. The van der Waals surface area contributed by atoms with E-state index >= 15 is 0 Å². The van der Waals surface area contributed by atoms with E-state index in [4.69, 9.17) is 4.74 Å². The van der Waals surface area contributed by atoms with Gasteiger partial charge in [-0.25, -0.2) is 0 Å². The molecule has 0 aromatic heterocycles. The maximum atomic E-state index is 5.50. The molecule has 2 aromatic carbocycles. The molecular formula is C25H33N2O+. The van der Waals surface area contributed by atoms with Crippen molar-refractivity contribution in [1.29, 1.82) is 0 Å². The van der Waals surface area contributed by atoms with Crippen molar-refractivity contribution in [3.8, 4) is 0 Å². The Morgan fingerprint density at radius 3 is 2.36 bits per heavy atom. The number of anilines is 1. The summed E-state index contributed by atoms with van der Waals surface area (Å²) in [5.41, 5.74) is 6.50. The normalized spacial score (nSPS) is 15.3. The first-order valence-electron chi connectivity index (χ1n) is 10.3. The third-order valence-corrected chi connectivity index (χ3v) is 5.72. The van der Waals surface area contributed by atoms with Crippen LogP contribution >= 0.6 is 0 Å². The molecule has 0 unspecified atom stereocenters. The average molecular weight is 378 g/mol. The van der Waals surface area contributed by atoms with Crippen LogP contribution in [-0.2, 0) is 10.2 Å². The van der Waals surface area contributed by atoms with Crippen LogP contribution in [0.1, 0.15) is 38.8 Å². The lowest BCUT2D eigenvalue weighted by atomic mass is 9.81. The minimum absolute atomic E-state index is 0.0140. The standard InChI is InChI=1S/C25H33N2O/c1-6-27(18-19-28-7-2)21-15-12-20(13-16-21)14-17-24-25(3,4)22-10-8-9-11-23(22)26(24)5/h8-17H,6-7,18-19H2,1-5H3/q+1. The second-order valence-electron chi connectivity index (χ2n) is 7.79. The zero-order valence-electron chi connectivity index (χ0n) is 17.9. The highest BCUT2D eigenvalue weighted by Gasteiger charge is 2.42. The van der Waals surface area contributed by atoms with Gasteiger partial charge in [0, 0.05) is 43.1 Å². The highest BCUT2D eigenvalue weighted by atomic mass is 16.5. The Morgan fingerprint density at radius 1 is 1.00 bits per heavy atom. The topological polar surface area (TPSA) is 15.5 Å². The zero-order chi connectivity index (χ0) is 20.1. The van der Waals surface area contributed by atoms with Gasteiger partial charge in [-0.15, -0.1) is 0 Å². The summed E-state index contributed by atoms with van der Waals surface area (Å²) in [4.78, 5) is 2.35. The fourth-order valence-corrected chi connectivity index (χ4v) is 4.06. The van der Waals surface area contributed by atoms with Gasteiger partial charge in [-0.05, 0) is 51.5 Å². The van der Waals surface area contributed by atoms with Crippen molar-refractivity contribution in [2.75, 3.05) is 38.3 Å². The van der Waals surface area contributed by atoms with Crippen LogP contribution < -0.4 is 4.90 Å². The lowest BCUT2D eigenvalue weighted by molar-refractivity contribution is -0.401. The molecule has 0 N–H and O–H groups in total. The van der Waals surface area contributed by atoms with Gasteiger partial charge in [0.2, 0.25) is 5.69 Å². The molecule has 0 bridgehead atoms. The molecule has 1 heterocycles. The van der Waals surface area contributed by atoms with Gasteiger partial charge < -0.3 is 9.64 Å². The predicted molar refractivity (Wildman–Crippen MR) is 120 cm³/mol. The third kappa shape index (κ3) is 4.05. The lowest BCUT2D eigenvalue weighted by Gasteiger charge is -2.23. The first-order chi connectivity index (χ1) is 13.5. The van der Waals surface area contributed by atoms with Gasteiger partial charge in [0.25, 0.3) is 0 Å². The number of fused-ring (bicyclic) bond motifs is 1. The van der Waals surface area contributed by atoms with Gasteiger partial charge in [-0.3, -0.25) is 0 Å². The molecule has 3 nitrogen and oxygen atoms in total. The Kier molecular flexibility index (Phi) is 6.35. The summed E-state index contributed by atoms with van der Waals surface area (Å²) in [6.07, 6.45) is 4.49. The van der Waals surface area contributed by atoms with Crippen molar-refractivity contribution in [1.82, 2.24) is 0 Å². The second kappa shape index (κ2) is 8.74. The van der Waals surface area contributed by atoms with E-state index < -0.39 is 0 Å². The molecule has 0 radical (unpaired) electrons. The van der Waals surface area contributed by atoms with Gasteiger partial charge in [0.15, 0.2) is 5.71 Å². The minimum atomic E-state index is 0.0140. The smallest absolute Gasteiger partial charge is 0.209 e. The highest BCUT2D eigenvalue weighted by Crippen LogP contribution is 2.39. The first-order valence-corrected chi connectivity index (χ1v) is 10.3. The van der Waals surface area contributed by atoms with E-state index in [9.17, 15) is 0 Å². The van der Waals surface area contributed by atoms with E-state index in [1.807, 2.05) is 6.92 Å². The first kappa shape index (κ1) is 20.3. The molecule has 0 spiro atoms. The van der Waals surface area contributed by atoms with Crippen molar-refractivity contribution < 1.29 is 9.31 Å². The molecule has 3 rings (SSSR count). The van der Waals surface area contributed by atoms with E-state index in [1.54, 1.807) is 0 Å². The fourth-order valence-electron chi connectivity index (χ4n) is 4.06. The maximum absolute atomic E-state index is 5.50. The number of hydrogen-bond acceptors (Lipinski definition) is 2. The maximum Gasteiger partial charge on any atom is 0.209 e. The Balaban J connectivity index is 1.76. The van der Waals surface area contributed by atoms with Crippen LogP contribution in [0.3, 0.4) is 0 Å². The molecule has 0 saturated carbocycles. The van der Waals surface area contributed by atoms with Crippen LogP contribution in [0.15, 0.2) is 54.6 Å². The summed E-state index contributed by atoms with van der Waals surface area (Å²) >= 11 is 0. The van der Waals surface area contributed by atoms with E-state index in [2.05, 4.69) is 98.0 Å². The Bertz CT molecular complexity index is 862. The van der Waals surface area contributed by atoms with Crippen LogP contribution in [0.25, 0.3) is 6.08 Å². The fraction of sp³-hybridized carbons (Fsp3) is 0.400. The largest absolute Gasteiger partial charge is 0.380 e. The molecule has 1 aliphatic heterocycles. The number of allylic oxidation sites excluding steroid dienone is 1. The molecule has 0 fully saturated rings. The van der Waals surface area contributed by atoms with E-state index in [1.165, 1.54) is 28.2 Å². The second-order valence-corrected chi connectivity index (χ2v) is 7.79. The molecule has 3 heteroatoms. The minimum Gasteiger partial charge on any atom is -0.380 e. The summed E-state index contributed by atoms with van der Waals surface area (Å²) in [5.74, 6) is 0. The molecule has 2 aromatic rings. The highest BCUT2D eigenvalue weighted by molar-refractivity contribution is 6.05. The predicted octanol–water partition coefficient (Wildman–Crippen LogP) is 5.27. The summed E-state index contributed by atoms with van der Waals surface area (Å²) in [6.45, 7) is 12.3. The number of para-hydroxylation sites is 1. The number of nitrogens with zero attached hydrogens (tertiary/aromatic N) is 2. The number of ether oxygens (including phenoxy) is 1. The summed E-state index contributed by atoms with van der Waals surface area (Å²) in [5, 5.41) is 0. The average Bonchev–Trinajstić information content (AvgIpc) is 2.90. The van der Waals surface area contributed by atoms with Crippen LogP contribution in [0, 0.1) is 0 Å². The summed E-state index contributed by atoms with van der Waals surface area (Å²) in [6, 6.07) is 17.5. The molecule has 28 heavy (non-hydrogen) atoms. The Morgan fingerprint density at radius 2 is 1.71 bits per heavy atom. The van der Waals surface area contributed by atoms with Crippen LogP contribution in [0.2, 0.25) is 0 Å². The number of likely N-dealkylation sites (N-methyl/N-ethyl adjacent to an activating group) is 1. The summed E-state index contributed by atoms with van der Waals surface area (Å²) in [7, 11) is 2.16. The number of rotatable bonds is 8. The molecule has 0 amide bonds. The molecule has 0 aliphatic carbocycles. The van der Waals surface area contributed by atoms with Gasteiger partial charge in [0.05, 0.1) is 12.0 Å². The molecule has 1 aliphatic rings. The van der Waals surface area contributed by atoms with Crippen LogP contribution in [0.4, 0.5) is 11.4 Å². The zero-order valence-corrected chi connectivity index (χ0v) is 17.9. The lowest BCUT2D eigenvalue weighted by Crippen LogP contribution is -2.27. The van der Waals surface area contributed by atoms with Crippen molar-refractivity contribution in [3.63, 3.8) is 0 Å². The van der Waals surface area contributed by atoms with Crippen LogP contribution in [0.5, 0.6) is 0 Å². The molecule has 0 atom stereocenters.